The summed E-state index contributed by atoms with van der Waals surface area (Å²) in [7, 11) is 0. The van der Waals surface area contributed by atoms with Gasteiger partial charge in [-0.15, -0.1) is 0 Å². The summed E-state index contributed by atoms with van der Waals surface area (Å²) in [5.74, 6) is -0.115. The molecule has 1 fully saturated rings. The average molecular weight is 395 g/mol. The molecule has 0 bridgehead atoms. The van der Waals surface area contributed by atoms with Crippen molar-refractivity contribution in [3.8, 4) is 0 Å². The number of anilines is 1. The monoisotopic (exact) mass is 394 g/mol. The van der Waals surface area contributed by atoms with Crippen LogP contribution in [0.15, 0.2) is 54.6 Å². The van der Waals surface area contributed by atoms with Crippen molar-refractivity contribution in [2.75, 3.05) is 18.4 Å². The van der Waals surface area contributed by atoms with E-state index < -0.39 is 0 Å². The van der Waals surface area contributed by atoms with E-state index in [2.05, 4.69) is 23.5 Å². The third-order valence-electron chi connectivity index (χ3n) is 5.53. The molecule has 4 nitrogen and oxygen atoms in total. The van der Waals surface area contributed by atoms with Crippen LogP contribution in [0.4, 0.5) is 5.69 Å². The number of carbonyl (C=O) groups is 2. The van der Waals surface area contributed by atoms with Crippen molar-refractivity contribution in [3.05, 3.63) is 70.8 Å². The Morgan fingerprint density at radius 1 is 1.11 bits per heavy atom. The van der Waals surface area contributed by atoms with Gasteiger partial charge in [0.1, 0.15) is 0 Å². The van der Waals surface area contributed by atoms with Gasteiger partial charge in [-0.3, -0.25) is 9.59 Å². The molecule has 1 atom stereocenters. The summed E-state index contributed by atoms with van der Waals surface area (Å²) in [5.41, 5.74) is 4.30. The number of likely N-dealkylation sites (tertiary alicyclic amines) is 1. The molecule has 2 aromatic carbocycles. The standard InChI is InChI=1S/C23H23ClN2O2/c24-19-9-11-20(12-10-19)25-23(28)18-5-3-13-26(15-18)22(27)14-17-8-7-16-4-1-2-6-21(16)17/h1-2,4,6,8-12,18H,3,5,7,13-15H2,(H,25,28). The van der Waals surface area contributed by atoms with Gasteiger partial charge >= 0.3 is 0 Å². The minimum Gasteiger partial charge on any atom is -0.342 e. The van der Waals surface area contributed by atoms with E-state index in [1.54, 1.807) is 24.3 Å². The van der Waals surface area contributed by atoms with Crippen LogP contribution in [-0.4, -0.2) is 29.8 Å². The van der Waals surface area contributed by atoms with Gasteiger partial charge in [-0.05, 0) is 60.2 Å². The summed E-state index contributed by atoms with van der Waals surface area (Å²) in [6.07, 6.45) is 5.10. The number of hydrogen-bond acceptors (Lipinski definition) is 2. The van der Waals surface area contributed by atoms with Gasteiger partial charge in [0, 0.05) is 23.8 Å². The van der Waals surface area contributed by atoms with E-state index in [0.717, 1.165) is 37.1 Å². The maximum absolute atomic E-state index is 12.9. The lowest BCUT2D eigenvalue weighted by molar-refractivity contribution is -0.133. The molecule has 0 radical (unpaired) electrons. The maximum atomic E-state index is 12.9. The fourth-order valence-electron chi connectivity index (χ4n) is 3.99. The molecular formula is C23H23ClN2O2. The van der Waals surface area contributed by atoms with Crippen molar-refractivity contribution in [1.29, 1.82) is 0 Å². The third-order valence-corrected chi connectivity index (χ3v) is 5.78. The highest BCUT2D eigenvalue weighted by Crippen LogP contribution is 2.30. The number of nitrogens with one attached hydrogen (secondary N) is 1. The number of halogens is 1. The van der Waals surface area contributed by atoms with Crippen LogP contribution < -0.4 is 5.32 Å². The van der Waals surface area contributed by atoms with Gasteiger partial charge in [-0.1, -0.05) is 41.9 Å². The molecule has 0 aromatic heterocycles. The number of fused-ring (bicyclic) bond motifs is 1. The van der Waals surface area contributed by atoms with Gasteiger partial charge in [0.05, 0.1) is 12.3 Å². The zero-order chi connectivity index (χ0) is 19.5. The van der Waals surface area contributed by atoms with Crippen LogP contribution in [-0.2, 0) is 16.0 Å². The van der Waals surface area contributed by atoms with Crippen molar-refractivity contribution in [2.45, 2.75) is 25.7 Å². The SMILES string of the molecule is O=C(Nc1ccc(Cl)cc1)C1CCCN(C(=O)CC2=CCc3ccccc32)C1. The Kier molecular flexibility index (Phi) is 5.49. The molecular weight excluding hydrogens is 372 g/mol. The molecule has 0 saturated carbocycles. The Labute approximate surface area is 170 Å². The molecule has 1 unspecified atom stereocenters. The van der Waals surface area contributed by atoms with Gasteiger partial charge in [0.15, 0.2) is 0 Å². The van der Waals surface area contributed by atoms with Crippen LogP contribution in [0.1, 0.15) is 30.4 Å². The zero-order valence-corrected chi connectivity index (χ0v) is 16.4. The predicted molar refractivity (Wildman–Crippen MR) is 112 cm³/mol. The first-order valence-corrected chi connectivity index (χ1v) is 10.1. The lowest BCUT2D eigenvalue weighted by atomic mass is 9.96. The van der Waals surface area contributed by atoms with Crippen LogP contribution in [0, 0.1) is 5.92 Å². The second kappa shape index (κ2) is 8.19. The van der Waals surface area contributed by atoms with Gasteiger partial charge in [0.25, 0.3) is 0 Å². The van der Waals surface area contributed by atoms with E-state index in [1.165, 1.54) is 11.1 Å². The predicted octanol–water partition coefficient (Wildman–Crippen LogP) is 4.55. The molecule has 1 saturated heterocycles. The first-order valence-electron chi connectivity index (χ1n) is 9.71. The fraction of sp³-hybridized carbons (Fsp3) is 0.304. The fourth-order valence-corrected chi connectivity index (χ4v) is 4.12. The molecule has 1 aliphatic heterocycles. The van der Waals surface area contributed by atoms with Crippen LogP contribution in [0.2, 0.25) is 5.02 Å². The molecule has 144 valence electrons. The second-order valence-electron chi connectivity index (χ2n) is 7.44. The lowest BCUT2D eigenvalue weighted by Crippen LogP contribution is -2.43. The molecule has 0 spiro atoms. The van der Waals surface area contributed by atoms with Crippen LogP contribution in [0.3, 0.4) is 0 Å². The molecule has 1 N–H and O–H groups in total. The van der Waals surface area contributed by atoms with E-state index in [-0.39, 0.29) is 17.7 Å². The van der Waals surface area contributed by atoms with E-state index in [0.29, 0.717) is 18.0 Å². The smallest absolute Gasteiger partial charge is 0.229 e. The van der Waals surface area contributed by atoms with Crippen LogP contribution >= 0.6 is 11.6 Å². The third kappa shape index (κ3) is 4.12. The molecule has 28 heavy (non-hydrogen) atoms. The average Bonchev–Trinajstić information content (AvgIpc) is 3.13. The number of rotatable bonds is 4. The van der Waals surface area contributed by atoms with Crippen molar-refractivity contribution in [2.24, 2.45) is 5.92 Å². The van der Waals surface area contributed by atoms with Crippen molar-refractivity contribution in [1.82, 2.24) is 4.90 Å². The van der Waals surface area contributed by atoms with Crippen molar-refractivity contribution in [3.63, 3.8) is 0 Å². The number of nitrogens with zero attached hydrogens (tertiary/aromatic N) is 1. The Morgan fingerprint density at radius 3 is 2.71 bits per heavy atom. The van der Waals surface area contributed by atoms with Gasteiger partial charge < -0.3 is 10.2 Å². The number of carbonyl (C=O) groups excluding carboxylic acids is 2. The highest BCUT2D eigenvalue weighted by atomic mass is 35.5. The zero-order valence-electron chi connectivity index (χ0n) is 15.7. The maximum Gasteiger partial charge on any atom is 0.229 e. The molecule has 2 aliphatic rings. The summed E-state index contributed by atoms with van der Waals surface area (Å²) in [4.78, 5) is 27.3. The summed E-state index contributed by atoms with van der Waals surface area (Å²) in [5, 5.41) is 3.57. The molecule has 2 aromatic rings. The van der Waals surface area contributed by atoms with Crippen molar-refractivity contribution >= 4 is 34.7 Å². The molecule has 4 rings (SSSR count). The molecule has 1 heterocycles. The number of hydrogen-bond donors (Lipinski definition) is 1. The first kappa shape index (κ1) is 18.8. The number of allylic oxidation sites excluding steroid dienone is 1. The highest BCUT2D eigenvalue weighted by Gasteiger charge is 2.29. The van der Waals surface area contributed by atoms with Crippen LogP contribution in [0.5, 0.6) is 0 Å². The summed E-state index contributed by atoms with van der Waals surface area (Å²) in [6, 6.07) is 15.3. The normalized spacial score (nSPS) is 18.4. The van der Waals surface area contributed by atoms with E-state index >= 15 is 0 Å². The Bertz CT molecular complexity index is 920. The molecule has 5 heteroatoms. The summed E-state index contributed by atoms with van der Waals surface area (Å²) >= 11 is 5.89. The van der Waals surface area contributed by atoms with Crippen molar-refractivity contribution < 1.29 is 9.59 Å². The molecule has 2 amide bonds. The topological polar surface area (TPSA) is 49.4 Å². The van der Waals surface area contributed by atoms with E-state index in [1.807, 2.05) is 17.0 Å². The number of amides is 2. The number of piperidine rings is 1. The minimum absolute atomic E-state index is 0.0368. The lowest BCUT2D eigenvalue weighted by Gasteiger charge is -2.32. The van der Waals surface area contributed by atoms with E-state index in [9.17, 15) is 9.59 Å². The Balaban J connectivity index is 1.36. The highest BCUT2D eigenvalue weighted by molar-refractivity contribution is 6.30. The van der Waals surface area contributed by atoms with Gasteiger partial charge in [-0.25, -0.2) is 0 Å². The summed E-state index contributed by atoms with van der Waals surface area (Å²) < 4.78 is 0. The van der Waals surface area contributed by atoms with Gasteiger partial charge in [-0.2, -0.15) is 0 Å². The van der Waals surface area contributed by atoms with Gasteiger partial charge in [0.2, 0.25) is 11.8 Å². The largest absolute Gasteiger partial charge is 0.342 e. The molecule has 1 aliphatic carbocycles. The van der Waals surface area contributed by atoms with E-state index in [4.69, 9.17) is 11.6 Å². The Morgan fingerprint density at radius 2 is 1.89 bits per heavy atom. The minimum atomic E-state index is -0.182. The van der Waals surface area contributed by atoms with Crippen LogP contribution in [0.25, 0.3) is 5.57 Å². The summed E-state index contributed by atoms with van der Waals surface area (Å²) in [6.45, 7) is 1.20. The number of benzene rings is 2. The second-order valence-corrected chi connectivity index (χ2v) is 7.88. The first-order chi connectivity index (χ1) is 13.6. The Hall–Kier alpha value is -2.59. The quantitative estimate of drug-likeness (QED) is 0.827.